The van der Waals surface area contributed by atoms with E-state index in [-0.39, 0.29) is 27.5 Å². The molecule has 0 spiro atoms. The number of aliphatic hydroxyl groups excluding tert-OH is 1. The van der Waals surface area contributed by atoms with Crippen molar-refractivity contribution in [1.82, 2.24) is 0 Å². The highest BCUT2D eigenvalue weighted by atomic mass is 35.5. The van der Waals surface area contributed by atoms with Crippen molar-refractivity contribution in [2.45, 2.75) is 32.6 Å². The Morgan fingerprint density at radius 3 is 2.42 bits per heavy atom. The largest absolute Gasteiger partial charge is 0.512 e. The van der Waals surface area contributed by atoms with E-state index in [0.717, 1.165) is 0 Å². The summed E-state index contributed by atoms with van der Waals surface area (Å²) in [5.41, 5.74) is 6.32. The lowest BCUT2D eigenvalue weighted by Gasteiger charge is -2.34. The minimum Gasteiger partial charge on any atom is -0.512 e. The van der Waals surface area contributed by atoms with Crippen LogP contribution >= 0.6 is 23.8 Å². The Morgan fingerprint density at radius 2 is 1.96 bits per heavy atom. The van der Waals surface area contributed by atoms with Crippen molar-refractivity contribution in [2.75, 3.05) is 0 Å². The van der Waals surface area contributed by atoms with Crippen LogP contribution in [0.4, 0.5) is 0 Å². The number of nitriles is 1. The van der Waals surface area contributed by atoms with Crippen LogP contribution in [0.15, 0.2) is 35.6 Å². The van der Waals surface area contributed by atoms with Gasteiger partial charge < -0.3 is 10.8 Å². The number of ketones is 1. The van der Waals surface area contributed by atoms with Crippen molar-refractivity contribution < 1.29 is 9.90 Å². The van der Waals surface area contributed by atoms with Gasteiger partial charge in [0.05, 0.1) is 11.1 Å². The second-order valence-corrected chi connectivity index (χ2v) is 7.75. The quantitative estimate of drug-likeness (QED) is 0.789. The number of nitrogens with zero attached hydrogens (tertiary/aromatic N) is 1. The first kappa shape index (κ1) is 18.4. The molecular formula is C18H19ClN2O2S. The lowest BCUT2D eigenvalue weighted by molar-refractivity contribution is -0.118. The number of hydrogen-bond acceptors (Lipinski definition) is 4. The van der Waals surface area contributed by atoms with Gasteiger partial charge in [-0.2, -0.15) is 5.26 Å². The summed E-state index contributed by atoms with van der Waals surface area (Å²) < 4.78 is 0. The van der Waals surface area contributed by atoms with Crippen LogP contribution in [0, 0.1) is 22.7 Å². The number of halogens is 1. The normalized spacial score (nSPS) is 19.5. The topological polar surface area (TPSA) is 87.1 Å². The summed E-state index contributed by atoms with van der Waals surface area (Å²) in [6, 6.07) is 8.87. The van der Waals surface area contributed by atoms with E-state index in [1.807, 2.05) is 13.8 Å². The average Bonchev–Trinajstić information content (AvgIpc) is 2.45. The molecule has 3 N–H and O–H groups in total. The molecule has 0 bridgehead atoms. The minimum atomic E-state index is -0.886. The van der Waals surface area contributed by atoms with Gasteiger partial charge in [0.1, 0.15) is 11.7 Å². The summed E-state index contributed by atoms with van der Waals surface area (Å²) in [6.07, 6.45) is 0.666. The molecule has 0 amide bonds. The molecule has 0 heterocycles. The lowest BCUT2D eigenvalue weighted by atomic mass is 9.70. The summed E-state index contributed by atoms with van der Waals surface area (Å²) >= 11 is 11.0. The molecule has 0 saturated heterocycles. The maximum Gasteiger partial charge on any atom is 0.163 e. The van der Waals surface area contributed by atoms with Crippen molar-refractivity contribution in [1.29, 1.82) is 5.26 Å². The fourth-order valence-corrected chi connectivity index (χ4v) is 3.47. The summed E-state index contributed by atoms with van der Waals surface area (Å²) in [4.78, 5) is 12.7. The van der Waals surface area contributed by atoms with Crippen LogP contribution in [0.5, 0.6) is 0 Å². The van der Waals surface area contributed by atoms with Crippen molar-refractivity contribution in [3.63, 3.8) is 0 Å². The van der Waals surface area contributed by atoms with Crippen molar-refractivity contribution >= 4 is 34.6 Å². The van der Waals surface area contributed by atoms with E-state index in [0.29, 0.717) is 23.4 Å². The van der Waals surface area contributed by atoms with E-state index < -0.39 is 11.8 Å². The third-order valence-corrected chi connectivity index (χ3v) is 4.72. The molecule has 0 aromatic heterocycles. The third kappa shape index (κ3) is 3.77. The molecule has 2 atom stereocenters. The maximum atomic E-state index is 12.7. The molecule has 4 nitrogen and oxygen atoms in total. The Bertz CT molecular complexity index is 747. The smallest absolute Gasteiger partial charge is 0.163 e. The first-order valence-electron chi connectivity index (χ1n) is 7.56. The molecule has 0 aliphatic heterocycles. The SMILES string of the molecule is CC1(C)CC(=O)C([C@H](c2ccc(Cl)cc2)[C@@H](C#N)C(N)=S)=C(O)C1. The van der Waals surface area contributed by atoms with E-state index in [1.54, 1.807) is 24.3 Å². The molecule has 1 aliphatic rings. The first-order chi connectivity index (χ1) is 11.2. The Hall–Kier alpha value is -1.90. The van der Waals surface area contributed by atoms with Gasteiger partial charge in [0.25, 0.3) is 0 Å². The molecule has 0 radical (unpaired) electrons. The molecule has 0 saturated carbocycles. The van der Waals surface area contributed by atoms with Crippen LogP contribution in [-0.4, -0.2) is 15.9 Å². The molecule has 126 valence electrons. The van der Waals surface area contributed by atoms with Gasteiger partial charge in [-0.25, -0.2) is 0 Å². The van der Waals surface area contributed by atoms with Gasteiger partial charge in [-0.05, 0) is 23.1 Å². The van der Waals surface area contributed by atoms with Crippen molar-refractivity contribution in [3.8, 4) is 6.07 Å². The summed E-state index contributed by atoms with van der Waals surface area (Å²) in [6.45, 7) is 3.84. The molecule has 6 heteroatoms. The van der Waals surface area contributed by atoms with E-state index in [2.05, 4.69) is 6.07 Å². The lowest BCUT2D eigenvalue weighted by Crippen LogP contribution is -2.34. The van der Waals surface area contributed by atoms with E-state index in [1.165, 1.54) is 0 Å². The van der Waals surface area contributed by atoms with Crippen molar-refractivity contribution in [2.24, 2.45) is 17.1 Å². The average molecular weight is 363 g/mol. The Balaban J connectivity index is 2.62. The number of thiocarbonyl (C=S) groups is 1. The van der Waals surface area contributed by atoms with Crippen LogP contribution < -0.4 is 5.73 Å². The first-order valence-corrected chi connectivity index (χ1v) is 8.34. The van der Waals surface area contributed by atoms with Crippen molar-refractivity contribution in [3.05, 3.63) is 46.2 Å². The third-order valence-electron chi connectivity index (χ3n) is 4.22. The number of rotatable bonds is 4. The molecule has 24 heavy (non-hydrogen) atoms. The summed E-state index contributed by atoms with van der Waals surface area (Å²) in [5, 5.41) is 20.6. The highest BCUT2D eigenvalue weighted by Gasteiger charge is 2.40. The van der Waals surface area contributed by atoms with E-state index in [9.17, 15) is 15.2 Å². The monoisotopic (exact) mass is 362 g/mol. The van der Waals surface area contributed by atoms with Gasteiger partial charge in [0, 0.05) is 29.4 Å². The van der Waals surface area contributed by atoms with Crippen LogP contribution in [0.1, 0.15) is 38.2 Å². The zero-order valence-electron chi connectivity index (χ0n) is 13.5. The number of aliphatic hydroxyl groups is 1. The zero-order chi connectivity index (χ0) is 18.1. The molecule has 0 unspecified atom stereocenters. The second-order valence-electron chi connectivity index (χ2n) is 6.84. The number of carbonyl (C=O) groups is 1. The highest BCUT2D eigenvalue weighted by molar-refractivity contribution is 7.80. The molecule has 1 aromatic rings. The Kier molecular flexibility index (Phi) is 5.32. The molecule has 1 aliphatic carbocycles. The standard InChI is InChI=1S/C18H19ClN2O2S/c1-18(2)7-13(22)16(14(23)8-18)15(12(9-20)17(21)24)10-3-5-11(19)6-4-10/h3-6,12,15,22H,7-8H2,1-2H3,(H2,21,24)/t12-,15-/m1/s1. The van der Waals surface area contributed by atoms with Gasteiger partial charge in [0.15, 0.2) is 5.78 Å². The number of Topliss-reactive ketones (excluding diaryl/α,β-unsaturated/α-hetero) is 1. The molecule has 2 rings (SSSR count). The predicted octanol–water partition coefficient (Wildman–Crippen LogP) is 4.05. The van der Waals surface area contributed by atoms with Gasteiger partial charge in [-0.15, -0.1) is 0 Å². The Labute approximate surface area is 151 Å². The predicted molar refractivity (Wildman–Crippen MR) is 97.8 cm³/mol. The minimum absolute atomic E-state index is 0.00427. The van der Waals surface area contributed by atoms with Gasteiger partial charge in [0.2, 0.25) is 0 Å². The van der Waals surface area contributed by atoms with Gasteiger partial charge in [-0.3, -0.25) is 4.79 Å². The van der Waals surface area contributed by atoms with Gasteiger partial charge >= 0.3 is 0 Å². The maximum absolute atomic E-state index is 12.7. The zero-order valence-corrected chi connectivity index (χ0v) is 15.1. The summed E-state index contributed by atoms with van der Waals surface area (Å²) in [5.74, 6) is -1.76. The number of nitrogens with two attached hydrogens (primary N) is 1. The van der Waals surface area contributed by atoms with Crippen LogP contribution in [0.2, 0.25) is 5.02 Å². The molecule has 0 fully saturated rings. The van der Waals surface area contributed by atoms with E-state index in [4.69, 9.17) is 29.6 Å². The number of benzene rings is 1. The fourth-order valence-electron chi connectivity index (χ4n) is 3.15. The molecular weight excluding hydrogens is 344 g/mol. The van der Waals surface area contributed by atoms with Gasteiger partial charge in [-0.1, -0.05) is 49.8 Å². The number of carbonyl (C=O) groups excluding carboxylic acids is 1. The van der Waals surface area contributed by atoms with Crippen LogP contribution in [0.3, 0.4) is 0 Å². The highest BCUT2D eigenvalue weighted by Crippen LogP contribution is 2.43. The Morgan fingerprint density at radius 1 is 1.38 bits per heavy atom. The fraction of sp³-hybridized carbons (Fsp3) is 0.389. The second kappa shape index (κ2) is 6.92. The molecule has 1 aromatic carbocycles. The van der Waals surface area contributed by atoms with Crippen LogP contribution in [-0.2, 0) is 4.79 Å². The van der Waals surface area contributed by atoms with E-state index >= 15 is 0 Å². The summed E-state index contributed by atoms with van der Waals surface area (Å²) in [7, 11) is 0. The number of hydrogen-bond donors (Lipinski definition) is 2. The van der Waals surface area contributed by atoms with Crippen LogP contribution in [0.25, 0.3) is 0 Å². The number of allylic oxidation sites excluding steroid dienone is 2.